The second-order valence-corrected chi connectivity index (χ2v) is 9.58. The fraction of sp³-hybridized carbons (Fsp3) is 0.500. The van der Waals surface area contributed by atoms with Crippen molar-refractivity contribution in [3.8, 4) is 0 Å². The van der Waals surface area contributed by atoms with E-state index >= 15 is 0 Å². The molecular formula is C18H23FN4OS2. The van der Waals surface area contributed by atoms with E-state index in [1.165, 1.54) is 29.2 Å². The van der Waals surface area contributed by atoms with Crippen molar-refractivity contribution in [2.75, 3.05) is 11.1 Å². The first kappa shape index (κ1) is 19.1. The van der Waals surface area contributed by atoms with E-state index in [2.05, 4.69) is 36.3 Å². The van der Waals surface area contributed by atoms with E-state index < -0.39 is 0 Å². The van der Waals surface area contributed by atoms with Gasteiger partial charge in [0.15, 0.2) is 4.34 Å². The van der Waals surface area contributed by atoms with Crippen LogP contribution in [0.5, 0.6) is 0 Å². The summed E-state index contributed by atoms with van der Waals surface area (Å²) >= 11 is 2.83. The summed E-state index contributed by atoms with van der Waals surface area (Å²) in [5.41, 5.74) is 0.477. The molecule has 26 heavy (non-hydrogen) atoms. The maximum Gasteiger partial charge on any atom is 0.233 e. The first-order valence-electron chi connectivity index (χ1n) is 8.59. The molecular weight excluding hydrogens is 371 g/mol. The van der Waals surface area contributed by atoms with Crippen molar-refractivity contribution < 1.29 is 9.18 Å². The highest BCUT2D eigenvalue weighted by Crippen LogP contribution is 2.31. The Morgan fingerprint density at radius 2 is 2.08 bits per heavy atom. The van der Waals surface area contributed by atoms with Gasteiger partial charge < -0.3 is 10.2 Å². The van der Waals surface area contributed by atoms with Gasteiger partial charge in [-0.25, -0.2) is 4.39 Å². The number of rotatable bonds is 7. The third kappa shape index (κ3) is 5.41. The summed E-state index contributed by atoms with van der Waals surface area (Å²) in [5.74, 6) is 0.0386. The molecule has 140 valence electrons. The molecule has 0 aliphatic heterocycles. The third-order valence-electron chi connectivity index (χ3n) is 3.81. The molecule has 0 unspecified atom stereocenters. The molecule has 5 nitrogen and oxygen atoms in total. The van der Waals surface area contributed by atoms with Gasteiger partial charge in [0.05, 0.1) is 5.75 Å². The number of nitrogens with one attached hydrogen (secondary N) is 1. The molecule has 1 saturated carbocycles. The number of amides is 1. The summed E-state index contributed by atoms with van der Waals surface area (Å²) in [5, 5.41) is 12.3. The van der Waals surface area contributed by atoms with E-state index in [0.29, 0.717) is 12.1 Å². The van der Waals surface area contributed by atoms with Crippen molar-refractivity contribution in [3.05, 3.63) is 35.6 Å². The first-order chi connectivity index (χ1) is 12.3. The minimum atomic E-state index is -0.263. The number of thioether (sulfide) groups is 1. The molecule has 1 aromatic carbocycles. The number of halogens is 1. The fourth-order valence-electron chi connectivity index (χ4n) is 2.46. The topological polar surface area (TPSA) is 58.1 Å². The summed E-state index contributed by atoms with van der Waals surface area (Å²) in [6.45, 7) is 6.49. The largest absolute Gasteiger partial charge is 0.355 e. The van der Waals surface area contributed by atoms with Gasteiger partial charge in [-0.05, 0) is 39.7 Å². The van der Waals surface area contributed by atoms with Crippen LogP contribution in [-0.4, -0.2) is 38.3 Å². The smallest absolute Gasteiger partial charge is 0.233 e. The first-order valence-corrected chi connectivity index (χ1v) is 10.4. The SMILES string of the molecule is CC(C)(C)Nc1nnc(SCC(=O)N(Cc2ccccc2F)C2CC2)s1. The number of hydrogen-bond acceptors (Lipinski definition) is 6. The van der Waals surface area contributed by atoms with Crippen molar-refractivity contribution >= 4 is 34.1 Å². The van der Waals surface area contributed by atoms with Gasteiger partial charge >= 0.3 is 0 Å². The number of carbonyl (C=O) groups excluding carboxylic acids is 1. The highest BCUT2D eigenvalue weighted by Gasteiger charge is 2.33. The van der Waals surface area contributed by atoms with E-state index in [-0.39, 0.29) is 29.1 Å². The zero-order valence-corrected chi connectivity index (χ0v) is 16.8. The molecule has 0 spiro atoms. The average molecular weight is 395 g/mol. The third-order valence-corrected chi connectivity index (χ3v) is 5.77. The maximum absolute atomic E-state index is 13.9. The van der Waals surface area contributed by atoms with Crippen molar-refractivity contribution in [1.82, 2.24) is 15.1 Å². The van der Waals surface area contributed by atoms with Crippen LogP contribution < -0.4 is 5.32 Å². The van der Waals surface area contributed by atoms with Gasteiger partial charge in [-0.15, -0.1) is 10.2 Å². The van der Waals surface area contributed by atoms with Crippen LogP contribution in [0.15, 0.2) is 28.6 Å². The van der Waals surface area contributed by atoms with Gasteiger partial charge in [-0.1, -0.05) is 41.3 Å². The Hall–Kier alpha value is -1.67. The summed E-state index contributed by atoms with van der Waals surface area (Å²) in [6, 6.07) is 6.87. The van der Waals surface area contributed by atoms with Crippen LogP contribution in [-0.2, 0) is 11.3 Å². The van der Waals surface area contributed by atoms with Crippen LogP contribution in [0.3, 0.4) is 0 Å². The standard InChI is InChI=1S/C18H23FN4OS2/c1-18(2,3)20-16-21-22-17(26-16)25-11-15(24)23(13-8-9-13)10-12-6-4-5-7-14(12)19/h4-7,13H,8-11H2,1-3H3,(H,20,21). The molecule has 1 aliphatic rings. The predicted octanol–water partition coefficient (Wildman–Crippen LogP) is 4.17. The molecule has 1 aromatic heterocycles. The molecule has 0 radical (unpaired) electrons. The van der Waals surface area contributed by atoms with Crippen LogP contribution in [0, 0.1) is 5.82 Å². The monoisotopic (exact) mass is 394 g/mol. The Kier molecular flexibility index (Phi) is 5.82. The van der Waals surface area contributed by atoms with Crippen molar-refractivity contribution in [2.45, 2.75) is 56.1 Å². The predicted molar refractivity (Wildman–Crippen MR) is 104 cm³/mol. The fourth-order valence-corrected chi connectivity index (χ4v) is 4.31. The number of aromatic nitrogens is 2. The number of hydrogen-bond donors (Lipinski definition) is 1. The van der Waals surface area contributed by atoms with Crippen LogP contribution >= 0.6 is 23.1 Å². The van der Waals surface area contributed by atoms with Gasteiger partial charge in [0.25, 0.3) is 0 Å². The lowest BCUT2D eigenvalue weighted by atomic mass is 10.1. The molecule has 3 rings (SSSR count). The molecule has 1 amide bonds. The lowest BCUT2D eigenvalue weighted by molar-refractivity contribution is -0.129. The second-order valence-electron chi connectivity index (χ2n) is 7.38. The van der Waals surface area contributed by atoms with Crippen molar-refractivity contribution in [1.29, 1.82) is 0 Å². The summed E-state index contributed by atoms with van der Waals surface area (Å²) < 4.78 is 14.7. The average Bonchev–Trinajstić information content (AvgIpc) is 3.31. The summed E-state index contributed by atoms with van der Waals surface area (Å²) in [6.07, 6.45) is 1.98. The summed E-state index contributed by atoms with van der Waals surface area (Å²) in [7, 11) is 0. The van der Waals surface area contributed by atoms with Crippen molar-refractivity contribution in [3.63, 3.8) is 0 Å². The molecule has 1 heterocycles. The second kappa shape index (κ2) is 7.92. The molecule has 2 aromatic rings. The van der Waals surface area contributed by atoms with Crippen LogP contribution in [0.2, 0.25) is 0 Å². The molecule has 8 heteroatoms. The molecule has 0 saturated heterocycles. The van der Waals surface area contributed by atoms with Gasteiger partial charge in [0, 0.05) is 23.7 Å². The Labute approximate surface area is 161 Å². The van der Waals surface area contributed by atoms with Gasteiger partial charge in [0.1, 0.15) is 5.82 Å². The van der Waals surface area contributed by atoms with Crippen molar-refractivity contribution in [2.24, 2.45) is 0 Å². The molecule has 0 atom stereocenters. The van der Waals surface area contributed by atoms with E-state index in [4.69, 9.17) is 0 Å². The number of benzene rings is 1. The van der Waals surface area contributed by atoms with Crippen LogP contribution in [0.1, 0.15) is 39.2 Å². The minimum Gasteiger partial charge on any atom is -0.355 e. The lowest BCUT2D eigenvalue weighted by Crippen LogP contribution is -2.34. The normalized spacial score (nSPS) is 14.3. The van der Waals surface area contributed by atoms with E-state index in [0.717, 1.165) is 22.3 Å². The van der Waals surface area contributed by atoms with Crippen LogP contribution in [0.4, 0.5) is 9.52 Å². The van der Waals surface area contributed by atoms with Crippen LogP contribution in [0.25, 0.3) is 0 Å². The maximum atomic E-state index is 13.9. The molecule has 1 N–H and O–H groups in total. The highest BCUT2D eigenvalue weighted by molar-refractivity contribution is 8.01. The number of anilines is 1. The van der Waals surface area contributed by atoms with E-state index in [1.807, 2.05) is 0 Å². The summed E-state index contributed by atoms with van der Waals surface area (Å²) in [4.78, 5) is 14.5. The molecule has 1 fully saturated rings. The number of carbonyl (C=O) groups is 1. The Morgan fingerprint density at radius 1 is 1.35 bits per heavy atom. The molecule has 1 aliphatic carbocycles. The zero-order chi connectivity index (χ0) is 18.7. The van der Waals surface area contributed by atoms with E-state index in [9.17, 15) is 9.18 Å². The van der Waals surface area contributed by atoms with E-state index in [1.54, 1.807) is 23.1 Å². The Balaban J connectivity index is 1.58. The quantitative estimate of drug-likeness (QED) is 0.714. The van der Waals surface area contributed by atoms with Gasteiger partial charge in [-0.2, -0.15) is 0 Å². The van der Waals surface area contributed by atoms with Gasteiger partial charge in [0.2, 0.25) is 11.0 Å². The molecule has 0 bridgehead atoms. The lowest BCUT2D eigenvalue weighted by Gasteiger charge is -2.22. The van der Waals surface area contributed by atoms with Gasteiger partial charge in [-0.3, -0.25) is 4.79 Å². The number of nitrogens with zero attached hydrogens (tertiary/aromatic N) is 3. The Morgan fingerprint density at radius 3 is 2.73 bits per heavy atom. The minimum absolute atomic E-state index is 0.0151. The Bertz CT molecular complexity index is 771. The zero-order valence-electron chi connectivity index (χ0n) is 15.2. The highest BCUT2D eigenvalue weighted by atomic mass is 32.2.